The van der Waals surface area contributed by atoms with Crippen LogP contribution >= 0.6 is 22.7 Å². The van der Waals surface area contributed by atoms with E-state index >= 15 is 0 Å². The number of hydrogen-bond acceptors (Lipinski definition) is 16. The molecule has 17 aromatic carbocycles. The molecule has 0 saturated carbocycles. The first-order chi connectivity index (χ1) is 68.2. The zero-order valence-corrected chi connectivity index (χ0v) is 86.0. The molecule has 11 heterocycles. The highest BCUT2D eigenvalue weighted by Gasteiger charge is 2.57. The molecule has 0 spiro atoms. The lowest BCUT2D eigenvalue weighted by molar-refractivity contribution is 0.00578. The molecule has 0 radical (unpaired) electrons. The molecule has 14 nitrogen and oxygen atoms in total. The van der Waals surface area contributed by atoms with Crippen LogP contribution in [0.15, 0.2) is 327 Å². The predicted molar refractivity (Wildman–Crippen MR) is 599 cm³/mol. The molecule has 23 aromatic rings. The highest BCUT2D eigenvalue weighted by Crippen LogP contribution is 2.49. The SMILES string of the molecule is CC1(C)OB(c2ccc3c(c2)sc2c4ccccc4ccc32)OC1(C)C.CC1(C)OB(c2ccc3c(ccc4c5ccccc5oc34)c2)OC1(C)C.CC1(C)OB(c2ccc3ccc4c5ccccc5oc4c3c2)OC1(C)C.CC1(C)OB(c2cccc3c2sc2c4ccccc4ccc32)OC1(C)C.CC1(C)OB(c2cccc3oc4ccc(-c5cc6c7ccccc7oc6c6ccccc56)cc4c23)OC1(C)C. The summed E-state index contributed by atoms with van der Waals surface area (Å²) < 4.78 is 93.0. The molecule has 5 aliphatic heterocycles. The van der Waals surface area contributed by atoms with E-state index in [1.807, 2.05) is 83.3 Å². The van der Waals surface area contributed by atoms with E-state index in [1.54, 1.807) is 0 Å². The standard InChI is InChI=1S/C34H27BO4.2C22H21BO3.2C22H21BO2S/c1-33(2)34(3,4)39-35(38-33)27-13-9-15-30-31(27)26-18-20(16-17-29(26)36-30)24-19-25-22-11-7-8-14-28(22)37-32(25)23-12-6-5-10-21(23)24;1-21(2)22(3,4)26-23(25-21)15-10-12-16-14(13-15)9-11-18-17-7-5-6-8-19(17)24-20(16)18;1-21(2)22(3,4)26-23(25-21)15-11-9-14-10-12-17-16-7-5-6-8-19(16)24-20(17)18(14)13-15;1-21(2)22(3,4)25-23(24-21)18-11-7-10-16-17-13-12-14-8-5-6-9-15(14)19(17)26-20(16)18;1-21(2)22(3,4)25-23(24-21)15-10-12-17-18-11-9-14-7-5-6-8-16(14)20(18)26-19(17)13-15/h5-19H,1-4H3;4*5-13H,1-4H3. The summed E-state index contributed by atoms with van der Waals surface area (Å²) in [6.45, 7) is 41.7. The zero-order valence-electron chi connectivity index (χ0n) is 84.4. The topological polar surface area (TPSA) is 145 Å². The van der Waals surface area contributed by atoms with Crippen molar-refractivity contribution < 1.29 is 64.2 Å². The summed E-state index contributed by atoms with van der Waals surface area (Å²) in [4.78, 5) is 0. The summed E-state index contributed by atoms with van der Waals surface area (Å²) in [5.74, 6) is 0. The van der Waals surface area contributed by atoms with Gasteiger partial charge in [0.2, 0.25) is 0 Å². The van der Waals surface area contributed by atoms with Gasteiger partial charge in [-0.25, -0.2) is 0 Å². The molecule has 0 bridgehead atoms. The van der Waals surface area contributed by atoms with Crippen molar-refractivity contribution in [2.45, 2.75) is 194 Å². The van der Waals surface area contributed by atoms with Crippen molar-refractivity contribution in [1.82, 2.24) is 0 Å². The second-order valence-electron chi connectivity index (χ2n) is 44.0. The van der Waals surface area contributed by atoms with Gasteiger partial charge in [0.15, 0.2) is 0 Å². The Balaban J connectivity index is 0.0000000975. The van der Waals surface area contributed by atoms with Gasteiger partial charge < -0.3 is 64.2 Å². The minimum absolute atomic E-state index is 0.314. The van der Waals surface area contributed by atoms with E-state index < -0.39 is 18.3 Å². The lowest BCUT2D eigenvalue weighted by Crippen LogP contribution is -2.41. The van der Waals surface area contributed by atoms with Crippen LogP contribution in [0.2, 0.25) is 0 Å². The monoisotopic (exact) mass is 1920 g/mol. The Morgan fingerprint density at radius 2 is 0.524 bits per heavy atom. The van der Waals surface area contributed by atoms with E-state index in [-0.39, 0.29) is 73.3 Å². The molecule has 21 heteroatoms. The average Bonchev–Trinajstić information content (AvgIpc) is 1.58. The van der Waals surface area contributed by atoms with E-state index in [0.29, 0.717) is 0 Å². The lowest BCUT2D eigenvalue weighted by atomic mass is 9.76. The third-order valence-corrected chi connectivity index (χ3v) is 34.9. The van der Waals surface area contributed by atoms with Gasteiger partial charge in [-0.15, -0.1) is 22.7 Å². The van der Waals surface area contributed by atoms with Crippen molar-refractivity contribution in [1.29, 1.82) is 0 Å². The molecule has 0 N–H and O–H groups in total. The van der Waals surface area contributed by atoms with Crippen LogP contribution in [0.3, 0.4) is 0 Å². The Kier molecular flexibility index (Phi) is 21.8. The van der Waals surface area contributed by atoms with E-state index in [4.69, 9.17) is 64.2 Å². The van der Waals surface area contributed by atoms with E-state index in [2.05, 4.69) is 387 Å². The second kappa shape index (κ2) is 33.6. The van der Waals surface area contributed by atoms with Crippen LogP contribution in [0.25, 0.3) is 193 Å². The van der Waals surface area contributed by atoms with Gasteiger partial charge in [-0.05, 0) is 275 Å². The maximum Gasteiger partial charge on any atom is 0.496 e. The molecular formula is C122H111B5O14S2. The summed E-state index contributed by atoms with van der Waals surface area (Å²) in [7, 11) is -1.84. The van der Waals surface area contributed by atoms with Crippen molar-refractivity contribution >= 4 is 268 Å². The normalized spacial score (nSPS) is 18.4. The van der Waals surface area contributed by atoms with Crippen molar-refractivity contribution in [2.24, 2.45) is 0 Å². The molecular weight excluding hydrogens is 1810 g/mol. The molecule has 28 rings (SSSR count). The number of thiophene rings is 2. The van der Waals surface area contributed by atoms with Gasteiger partial charge in [0.05, 0.1) is 56.0 Å². The summed E-state index contributed by atoms with van der Waals surface area (Å²) >= 11 is 3.70. The Morgan fingerprint density at radius 3 is 1.06 bits per heavy atom. The van der Waals surface area contributed by atoms with Crippen LogP contribution in [-0.2, 0) is 46.5 Å². The molecule has 5 aliphatic rings. The molecule has 0 amide bonds. The molecule has 0 aliphatic carbocycles. The molecule has 710 valence electrons. The quantitative estimate of drug-likeness (QED) is 0.146. The largest absolute Gasteiger partial charge is 0.496 e. The van der Waals surface area contributed by atoms with Gasteiger partial charge in [0.1, 0.15) is 44.7 Å². The van der Waals surface area contributed by atoms with Crippen LogP contribution in [0.1, 0.15) is 138 Å². The van der Waals surface area contributed by atoms with Gasteiger partial charge >= 0.3 is 35.6 Å². The fraction of sp³-hybridized carbons (Fsp3) is 0.246. The Bertz CT molecular complexity index is 9040. The van der Waals surface area contributed by atoms with Crippen LogP contribution in [0.4, 0.5) is 0 Å². The van der Waals surface area contributed by atoms with Crippen LogP contribution in [-0.4, -0.2) is 91.6 Å². The number of fused-ring (bicyclic) bond motifs is 28. The number of furan rings is 4. The summed E-state index contributed by atoms with van der Waals surface area (Å²) in [6.07, 6.45) is 0. The highest BCUT2D eigenvalue weighted by atomic mass is 32.1. The maximum atomic E-state index is 6.45. The Labute approximate surface area is 840 Å². The van der Waals surface area contributed by atoms with Gasteiger partial charge in [-0.1, -0.05) is 249 Å². The van der Waals surface area contributed by atoms with Crippen molar-refractivity contribution in [3.05, 3.63) is 309 Å². The molecule has 6 aromatic heterocycles. The first kappa shape index (κ1) is 93.0. The molecule has 0 unspecified atom stereocenters. The highest BCUT2D eigenvalue weighted by molar-refractivity contribution is 7.28. The van der Waals surface area contributed by atoms with Crippen molar-refractivity contribution in [3.8, 4) is 11.1 Å². The summed E-state index contributed by atoms with van der Waals surface area (Å²) in [5, 5.41) is 26.1. The third-order valence-electron chi connectivity index (χ3n) is 32.4. The maximum absolute atomic E-state index is 6.45. The third kappa shape index (κ3) is 15.5. The fourth-order valence-corrected chi connectivity index (χ4v) is 23.3. The summed E-state index contributed by atoms with van der Waals surface area (Å²) in [6, 6.07) is 108. The molecule has 0 atom stereocenters. The minimum atomic E-state index is -0.474. The van der Waals surface area contributed by atoms with Gasteiger partial charge in [-0.3, -0.25) is 0 Å². The van der Waals surface area contributed by atoms with Crippen molar-refractivity contribution in [3.63, 3.8) is 0 Å². The van der Waals surface area contributed by atoms with Crippen LogP contribution in [0, 0.1) is 0 Å². The van der Waals surface area contributed by atoms with Crippen LogP contribution in [0.5, 0.6) is 0 Å². The minimum Gasteiger partial charge on any atom is -0.456 e. The fourth-order valence-electron chi connectivity index (χ4n) is 20.6. The van der Waals surface area contributed by atoms with Gasteiger partial charge in [-0.2, -0.15) is 0 Å². The zero-order chi connectivity index (χ0) is 98.9. The van der Waals surface area contributed by atoms with E-state index in [9.17, 15) is 0 Å². The number of para-hydroxylation sites is 3. The predicted octanol–water partition coefficient (Wildman–Crippen LogP) is 29.7. The summed E-state index contributed by atoms with van der Waals surface area (Å²) in [5.41, 5.74) is 11.2. The average molecular weight is 1920 g/mol. The lowest BCUT2D eigenvalue weighted by Gasteiger charge is -2.32. The first-order valence-corrected chi connectivity index (χ1v) is 51.3. The van der Waals surface area contributed by atoms with E-state index in [0.717, 1.165) is 159 Å². The first-order valence-electron chi connectivity index (χ1n) is 49.7. The Hall–Kier alpha value is -12.4. The number of hydrogen-bond donors (Lipinski definition) is 0. The van der Waals surface area contributed by atoms with E-state index in [1.165, 1.54) is 61.9 Å². The molecule has 5 saturated heterocycles. The number of rotatable bonds is 6. The Morgan fingerprint density at radius 1 is 0.189 bits per heavy atom. The van der Waals surface area contributed by atoms with Crippen molar-refractivity contribution in [2.75, 3.05) is 0 Å². The van der Waals surface area contributed by atoms with Crippen LogP contribution < -0.4 is 27.3 Å². The second-order valence-corrected chi connectivity index (χ2v) is 46.0. The van der Waals surface area contributed by atoms with Gasteiger partial charge in [0, 0.05) is 99.7 Å². The smallest absolute Gasteiger partial charge is 0.456 e. The molecule has 5 fully saturated rings. The van der Waals surface area contributed by atoms with Gasteiger partial charge in [0.25, 0.3) is 0 Å². The molecule has 143 heavy (non-hydrogen) atoms. The number of benzene rings is 17.